The lowest BCUT2D eigenvalue weighted by molar-refractivity contribution is -0.139. The van der Waals surface area contributed by atoms with Crippen LogP contribution in [0.3, 0.4) is 0 Å². The van der Waals surface area contributed by atoms with E-state index in [4.69, 9.17) is 10.8 Å². The summed E-state index contributed by atoms with van der Waals surface area (Å²) in [7, 11) is 1.57. The number of hydrogen-bond acceptors (Lipinski definition) is 4. The van der Waals surface area contributed by atoms with E-state index in [1.165, 1.54) is 4.90 Å². The van der Waals surface area contributed by atoms with Gasteiger partial charge in [-0.1, -0.05) is 18.2 Å². The van der Waals surface area contributed by atoms with E-state index >= 15 is 0 Å². The highest BCUT2D eigenvalue weighted by molar-refractivity contribution is 6.16. The Kier molecular flexibility index (Phi) is 4.23. The monoisotopic (exact) mass is 291 g/mol. The van der Waals surface area contributed by atoms with Crippen LogP contribution in [0.2, 0.25) is 0 Å². The first-order chi connectivity index (χ1) is 9.91. The van der Waals surface area contributed by atoms with Gasteiger partial charge in [0, 0.05) is 13.6 Å². The number of carboxylic acids is 1. The van der Waals surface area contributed by atoms with E-state index in [0.29, 0.717) is 5.69 Å². The average Bonchev–Trinajstić information content (AvgIpc) is 2.46. The van der Waals surface area contributed by atoms with Crippen LogP contribution in [0.25, 0.3) is 0 Å². The molecule has 2 rings (SSSR count). The number of aliphatic carboxylic acids is 1. The van der Waals surface area contributed by atoms with Crippen LogP contribution < -0.4 is 10.6 Å². The molecule has 112 valence electrons. The Morgan fingerprint density at radius 2 is 2.00 bits per heavy atom. The molecule has 0 aromatic heterocycles. The Hall–Kier alpha value is -2.41. The van der Waals surface area contributed by atoms with Gasteiger partial charge in [-0.05, 0) is 18.6 Å². The van der Waals surface area contributed by atoms with Gasteiger partial charge in [0.2, 0.25) is 5.91 Å². The van der Waals surface area contributed by atoms with Crippen molar-refractivity contribution in [3.63, 3.8) is 0 Å². The van der Waals surface area contributed by atoms with Crippen LogP contribution in [0, 0.1) is 5.92 Å². The maximum absolute atomic E-state index is 12.5. The van der Waals surface area contributed by atoms with Gasteiger partial charge in [0.15, 0.2) is 0 Å². The third kappa shape index (κ3) is 3.03. The summed E-state index contributed by atoms with van der Waals surface area (Å²) in [4.78, 5) is 38.0. The molecular weight excluding hydrogens is 274 g/mol. The second-order valence-corrected chi connectivity index (χ2v) is 5.05. The fourth-order valence-electron chi connectivity index (χ4n) is 2.33. The lowest BCUT2D eigenvalue weighted by atomic mass is 9.96. The van der Waals surface area contributed by atoms with Crippen LogP contribution >= 0.6 is 0 Å². The highest BCUT2D eigenvalue weighted by Crippen LogP contribution is 2.25. The molecule has 1 heterocycles. The van der Waals surface area contributed by atoms with Crippen molar-refractivity contribution >= 4 is 23.6 Å². The van der Waals surface area contributed by atoms with Crippen LogP contribution in [0.15, 0.2) is 30.3 Å². The molecule has 0 spiro atoms. The molecule has 7 nitrogen and oxygen atoms in total. The number of urea groups is 1. The molecule has 0 aliphatic carbocycles. The molecule has 0 radical (unpaired) electrons. The molecule has 1 aliphatic rings. The van der Waals surface area contributed by atoms with Crippen molar-refractivity contribution in [1.82, 2.24) is 4.90 Å². The van der Waals surface area contributed by atoms with Gasteiger partial charge in [0.1, 0.15) is 6.04 Å². The third-order valence-corrected chi connectivity index (χ3v) is 3.45. The maximum atomic E-state index is 12.5. The molecule has 3 N–H and O–H groups in total. The first-order valence-corrected chi connectivity index (χ1v) is 6.54. The Morgan fingerprint density at radius 1 is 1.38 bits per heavy atom. The number of rotatable bonds is 4. The second kappa shape index (κ2) is 5.92. The fraction of sp³-hybridized carbons (Fsp3) is 0.357. The SMILES string of the molecule is CN1C[C@@H](C[C@H](N)C(=O)O)C(=O)N(c2ccccc2)C1=O. The van der Waals surface area contributed by atoms with Gasteiger partial charge in [0.25, 0.3) is 0 Å². The van der Waals surface area contributed by atoms with E-state index in [2.05, 4.69) is 0 Å². The van der Waals surface area contributed by atoms with Crippen LogP contribution in [0.4, 0.5) is 10.5 Å². The molecule has 0 saturated carbocycles. The smallest absolute Gasteiger partial charge is 0.331 e. The number of nitrogens with two attached hydrogens (primary N) is 1. The fourth-order valence-corrected chi connectivity index (χ4v) is 2.33. The Balaban J connectivity index is 2.26. The van der Waals surface area contributed by atoms with Crippen molar-refractivity contribution in [2.45, 2.75) is 12.5 Å². The number of carboxylic acid groups (broad SMARTS) is 1. The van der Waals surface area contributed by atoms with Crippen LogP contribution in [0.5, 0.6) is 0 Å². The number of benzene rings is 1. The molecule has 2 atom stereocenters. The van der Waals surface area contributed by atoms with Crippen molar-refractivity contribution < 1.29 is 19.5 Å². The number of amides is 3. The van der Waals surface area contributed by atoms with E-state index in [0.717, 1.165) is 4.90 Å². The average molecular weight is 291 g/mol. The summed E-state index contributed by atoms with van der Waals surface area (Å²) in [5.74, 6) is -2.20. The van der Waals surface area contributed by atoms with Crippen molar-refractivity contribution in [3.8, 4) is 0 Å². The number of para-hydroxylation sites is 1. The third-order valence-electron chi connectivity index (χ3n) is 3.45. The summed E-state index contributed by atoms with van der Waals surface area (Å²) in [6.07, 6.45) is -0.00484. The number of hydrogen-bond donors (Lipinski definition) is 2. The number of carbonyl (C=O) groups is 3. The lowest BCUT2D eigenvalue weighted by Crippen LogP contribution is -2.56. The largest absolute Gasteiger partial charge is 0.480 e. The van der Waals surface area contributed by atoms with E-state index in [-0.39, 0.29) is 13.0 Å². The molecule has 7 heteroatoms. The summed E-state index contributed by atoms with van der Waals surface area (Å²) < 4.78 is 0. The molecule has 0 bridgehead atoms. The molecule has 1 aromatic carbocycles. The first kappa shape index (κ1) is 15.0. The summed E-state index contributed by atoms with van der Waals surface area (Å²) in [5, 5.41) is 8.87. The first-order valence-electron chi connectivity index (χ1n) is 6.54. The zero-order valence-electron chi connectivity index (χ0n) is 11.6. The van der Waals surface area contributed by atoms with Gasteiger partial charge in [-0.2, -0.15) is 0 Å². The minimum atomic E-state index is -1.16. The molecule has 1 aromatic rings. The number of imide groups is 1. The molecule has 1 aliphatic heterocycles. The van der Waals surface area contributed by atoms with Crippen molar-refractivity contribution in [2.75, 3.05) is 18.5 Å². The predicted molar refractivity (Wildman–Crippen MR) is 75.7 cm³/mol. The lowest BCUT2D eigenvalue weighted by Gasteiger charge is -2.37. The molecule has 1 fully saturated rings. The summed E-state index contributed by atoms with van der Waals surface area (Å²) >= 11 is 0. The molecule has 21 heavy (non-hydrogen) atoms. The van der Waals surface area contributed by atoms with Gasteiger partial charge in [0.05, 0.1) is 11.6 Å². The number of nitrogens with zero attached hydrogens (tertiary/aromatic N) is 2. The zero-order chi connectivity index (χ0) is 15.6. The van der Waals surface area contributed by atoms with Gasteiger partial charge in [-0.3, -0.25) is 9.59 Å². The summed E-state index contributed by atoms with van der Waals surface area (Å²) in [5.41, 5.74) is 5.97. The van der Waals surface area contributed by atoms with Crippen molar-refractivity contribution in [2.24, 2.45) is 11.7 Å². The zero-order valence-corrected chi connectivity index (χ0v) is 11.6. The second-order valence-electron chi connectivity index (χ2n) is 5.05. The van der Waals surface area contributed by atoms with E-state index < -0.39 is 29.9 Å². The minimum absolute atomic E-state index is 0.00484. The van der Waals surface area contributed by atoms with Crippen molar-refractivity contribution in [1.29, 1.82) is 0 Å². The molecule has 3 amide bonds. The van der Waals surface area contributed by atoms with Crippen LogP contribution in [0.1, 0.15) is 6.42 Å². The van der Waals surface area contributed by atoms with E-state index in [9.17, 15) is 14.4 Å². The number of carbonyl (C=O) groups excluding carboxylic acids is 2. The van der Waals surface area contributed by atoms with Gasteiger partial charge < -0.3 is 15.7 Å². The van der Waals surface area contributed by atoms with E-state index in [1.807, 2.05) is 0 Å². The molecular formula is C14H17N3O4. The van der Waals surface area contributed by atoms with Gasteiger partial charge in [-0.15, -0.1) is 0 Å². The quantitative estimate of drug-likeness (QED) is 0.840. The minimum Gasteiger partial charge on any atom is -0.480 e. The Labute approximate surface area is 121 Å². The van der Waals surface area contributed by atoms with E-state index in [1.54, 1.807) is 37.4 Å². The summed E-state index contributed by atoms with van der Waals surface area (Å²) in [6, 6.07) is 6.99. The highest BCUT2D eigenvalue weighted by Gasteiger charge is 2.39. The Morgan fingerprint density at radius 3 is 2.57 bits per heavy atom. The molecule has 0 unspecified atom stereocenters. The van der Waals surface area contributed by atoms with Crippen LogP contribution in [-0.4, -0.2) is 47.5 Å². The summed E-state index contributed by atoms with van der Waals surface area (Å²) in [6.45, 7) is 0.169. The maximum Gasteiger partial charge on any atom is 0.331 e. The topological polar surface area (TPSA) is 104 Å². The Bertz CT molecular complexity index is 561. The standard InChI is InChI=1S/C14H17N3O4/c1-16-8-9(7-11(15)13(19)20)12(18)17(14(16)21)10-5-3-2-4-6-10/h2-6,9,11H,7-8,15H2,1H3,(H,19,20)/t9-,11+/m1/s1. The molecule has 1 saturated heterocycles. The van der Waals surface area contributed by atoms with Gasteiger partial charge in [-0.25, -0.2) is 9.69 Å². The van der Waals surface area contributed by atoms with Crippen LogP contribution in [-0.2, 0) is 9.59 Å². The number of anilines is 1. The predicted octanol–water partition coefficient (Wildman–Crippen LogP) is 0.503. The highest BCUT2D eigenvalue weighted by atomic mass is 16.4. The van der Waals surface area contributed by atoms with Gasteiger partial charge >= 0.3 is 12.0 Å². The normalized spacial score (nSPS) is 20.6. The van der Waals surface area contributed by atoms with Crippen molar-refractivity contribution in [3.05, 3.63) is 30.3 Å².